The Labute approximate surface area is 577 Å². The van der Waals surface area contributed by atoms with Crippen LogP contribution >= 0.6 is 526 Å². The average Bonchev–Trinajstić information content (AvgIpc) is 2.90. The first kappa shape index (κ1) is 67.3. The summed E-state index contributed by atoms with van der Waals surface area (Å²) in [7, 11) is 0. The fourth-order valence-electron chi connectivity index (χ4n) is 2.88. The Balaban J connectivity index is 7.76. The van der Waals surface area contributed by atoms with E-state index < -0.39 is 56.6 Å². The minimum atomic E-state index is -1.79. The van der Waals surface area contributed by atoms with E-state index in [4.69, 9.17) is 0 Å². The van der Waals surface area contributed by atoms with E-state index in [9.17, 15) is 9.90 Å². The first-order chi connectivity index (χ1) is 21.7. The number of carbonyl (C=O) groups is 1. The lowest BCUT2D eigenvalue weighted by atomic mass is 10.0. The van der Waals surface area contributed by atoms with Crippen LogP contribution in [0.1, 0.15) is 0 Å². The highest BCUT2D eigenvalue weighted by atomic mass is 80.0. The van der Waals surface area contributed by atoms with Crippen molar-refractivity contribution in [2.45, 2.75) is 50.6 Å². The van der Waals surface area contributed by atoms with Gasteiger partial charge in [-0.15, -0.1) is 0 Å². The molecule has 0 fully saturated rings. The molecule has 0 aliphatic carbocycles. The third kappa shape index (κ3) is 11.1. The Kier molecular flexibility index (Phi) is 28.0. The van der Waals surface area contributed by atoms with Crippen molar-refractivity contribution in [3.05, 3.63) is 0 Å². The van der Waals surface area contributed by atoms with E-state index in [-0.39, 0.29) is 0 Å². The number of rotatable bonds is 15. The second-order valence-electron chi connectivity index (χ2n) is 9.42. The highest BCUT2D eigenvalue weighted by molar-refractivity contribution is 9.43. The zero-order valence-corrected chi connectivity index (χ0v) is 74.2. The number of aliphatic carboxylic acids is 1. The number of carboxylic acids is 1. The van der Waals surface area contributed by atoms with E-state index in [0.717, 1.165) is 0 Å². The van der Waals surface area contributed by atoms with E-state index in [1.807, 2.05) is 0 Å². The molecule has 2 nitrogen and oxygen atoms in total. The molecule has 0 radical (unpaired) electrons. The Morgan fingerprint density at radius 1 is 0.231 bits per heavy atom. The maximum atomic E-state index is 12.4. The van der Waals surface area contributed by atoms with E-state index in [1.165, 1.54) is 0 Å². The van der Waals surface area contributed by atoms with Crippen molar-refractivity contribution in [2.75, 3.05) is 0 Å². The van der Waals surface area contributed by atoms with E-state index in [1.54, 1.807) is 0 Å². The van der Waals surface area contributed by atoms with Crippen molar-refractivity contribution in [2.24, 2.45) is 0 Å². The van der Waals surface area contributed by atoms with Gasteiger partial charge < -0.3 is 5.11 Å². The summed E-state index contributed by atoms with van der Waals surface area (Å²) in [6, 6.07) is 0. The van der Waals surface area contributed by atoms with Crippen LogP contribution < -0.4 is 0 Å². The molecule has 312 valence electrons. The molecule has 0 aromatic heterocycles. The number of hydrogen-bond acceptors (Lipinski definition) is 1. The predicted molar refractivity (Wildman–Crippen MR) is 346 cm³/mol. The van der Waals surface area contributed by atoms with Gasteiger partial charge in [0.2, 0.25) is 3.23 Å². The molecule has 0 bridgehead atoms. The van der Waals surface area contributed by atoms with Crippen molar-refractivity contribution in [1.82, 2.24) is 0 Å². The number of halogens is 33. The van der Waals surface area contributed by atoms with Crippen LogP contribution in [0.25, 0.3) is 0 Å². The Morgan fingerprint density at radius 3 is 0.462 bits per heavy atom. The van der Waals surface area contributed by atoms with Crippen molar-refractivity contribution in [3.63, 3.8) is 0 Å². The van der Waals surface area contributed by atoms with E-state index >= 15 is 0 Å². The Hall–Kier alpha value is 15.3. The van der Waals surface area contributed by atoms with E-state index in [0.29, 0.717) is 0 Å². The maximum absolute atomic E-state index is 12.4. The Morgan fingerprint density at radius 2 is 0.346 bits per heavy atom. The quantitative estimate of drug-likeness (QED) is 0.166. The third-order valence-electron chi connectivity index (χ3n) is 6.15. The number of alkyl halides is 33. The van der Waals surface area contributed by atoms with Gasteiger partial charge in [-0.2, -0.15) is 0 Å². The summed E-state index contributed by atoms with van der Waals surface area (Å²) in [5, 5.41) is 10.1. The first-order valence-electron chi connectivity index (χ1n) is 10.7. The fraction of sp³-hybridized carbons (Fsp3) is 0.941. The molecule has 0 aliphatic heterocycles. The average molecular weight is 2870 g/mol. The molecule has 35 heteroatoms. The summed E-state index contributed by atoms with van der Waals surface area (Å²) in [5.74, 6) is -1.25. The van der Waals surface area contributed by atoms with Crippen LogP contribution in [0.3, 0.4) is 0 Å². The van der Waals surface area contributed by atoms with Crippen LogP contribution in [0, 0.1) is 0 Å². The number of carboxylic acid groups (broad SMARTS) is 1. The molecule has 0 rings (SSSR count). The minimum Gasteiger partial charge on any atom is -0.480 e. The highest BCUT2D eigenvalue weighted by Crippen LogP contribution is 2.83. The summed E-state index contributed by atoms with van der Waals surface area (Å²) < 4.78 is -21.6. The van der Waals surface area contributed by atoms with Gasteiger partial charge in [-0.25, -0.2) is 4.79 Å². The van der Waals surface area contributed by atoms with Crippen LogP contribution in [-0.2, 0) is 4.79 Å². The lowest BCUT2D eigenvalue weighted by Crippen LogP contribution is -2.73. The van der Waals surface area contributed by atoms with Gasteiger partial charge in [0, 0.05) is 0 Å². The van der Waals surface area contributed by atoms with E-state index in [2.05, 4.69) is 526 Å². The molecule has 0 atom stereocenters. The molecule has 0 aromatic carbocycles. The van der Waals surface area contributed by atoms with Gasteiger partial charge in [-0.3, -0.25) is 0 Å². The second kappa shape index (κ2) is 21.6. The van der Waals surface area contributed by atoms with Crippen LogP contribution in [0.5, 0.6) is 0 Å². The highest BCUT2D eigenvalue weighted by Gasteiger charge is 2.84. The predicted octanol–water partition coefficient (Wildman–Crippen LogP) is 24.2. The normalized spacial score (nSPS) is 17.1. The lowest BCUT2D eigenvalue weighted by molar-refractivity contribution is -0.137. The summed E-state index contributed by atoms with van der Waals surface area (Å²) in [6.07, 6.45) is 0. The molecular weight excluding hydrogens is 2870 g/mol. The molecule has 0 heterocycles. The molecule has 0 saturated carbocycles. The topological polar surface area (TPSA) is 37.3 Å². The smallest absolute Gasteiger partial charge is 0.333 e. The molecule has 0 amide bonds. The van der Waals surface area contributed by atoms with Gasteiger partial charge in [0.05, 0.1) is 0 Å². The first-order valence-corrected chi connectivity index (χ1v) is 36.8. The standard InChI is InChI=1S/C17HBr33O2/c18-2(19,1(51)52)3(20,21)4(22,23)5(24,25)6(26,27)7(28,29)8(30,31)9(32,33)10(34,35)11(36,37)12(38,39)13(40,41)14(42,43)15(44,45)16(46,47)17(48,49)50/h(H,51,52). The van der Waals surface area contributed by atoms with Gasteiger partial charge in [-0.1, -0.05) is 526 Å². The van der Waals surface area contributed by atoms with Gasteiger partial charge >= 0.3 is 5.97 Å². The number of hydrogen-bond donors (Lipinski definition) is 1. The summed E-state index contributed by atoms with van der Waals surface area (Å²) in [5.41, 5.74) is 0. The van der Waals surface area contributed by atoms with Gasteiger partial charge in [-0.05, 0) is 0 Å². The molecule has 1 N–H and O–H groups in total. The van der Waals surface area contributed by atoms with Gasteiger partial charge in [0.1, 0.15) is 45.3 Å². The lowest BCUT2D eigenvalue weighted by Gasteiger charge is -2.62. The zero-order chi connectivity index (χ0) is 43.6. The van der Waals surface area contributed by atoms with Crippen LogP contribution in [-0.4, -0.2) is 61.7 Å². The van der Waals surface area contributed by atoms with Crippen molar-refractivity contribution in [1.29, 1.82) is 0 Å². The molecule has 0 aromatic rings. The molecule has 0 spiro atoms. The van der Waals surface area contributed by atoms with Crippen molar-refractivity contribution < 1.29 is 9.90 Å². The Bertz CT molecular complexity index is 1350. The molecule has 0 saturated heterocycles. The van der Waals surface area contributed by atoms with Gasteiger partial charge in [0.15, 0.2) is 2.14 Å². The largest absolute Gasteiger partial charge is 0.480 e. The zero-order valence-electron chi connectivity index (χ0n) is 21.8. The third-order valence-corrected chi connectivity index (χ3v) is 76.1. The molecule has 0 unspecified atom stereocenters. The summed E-state index contributed by atoms with van der Waals surface area (Å²) >= 11 is 126. The minimum absolute atomic E-state index is 0.922. The van der Waals surface area contributed by atoms with Crippen molar-refractivity contribution in [3.8, 4) is 0 Å². The molecule has 0 aliphatic rings. The van der Waals surface area contributed by atoms with Gasteiger partial charge in [0.25, 0.3) is 0 Å². The fourth-order valence-corrected chi connectivity index (χ4v) is 35.6. The van der Waals surface area contributed by atoms with Crippen LogP contribution in [0.4, 0.5) is 0 Å². The van der Waals surface area contributed by atoms with Crippen LogP contribution in [0.2, 0.25) is 0 Å². The monoisotopic (exact) mass is 2840 g/mol. The summed E-state index contributed by atoms with van der Waals surface area (Å²) in [6.45, 7) is 0. The SMILES string of the molecule is O=C(O)C(Br)(Br)C(Br)(Br)C(Br)(Br)C(Br)(Br)C(Br)(Br)C(Br)(Br)C(Br)(Br)C(Br)(Br)C(Br)(Br)C(Br)(Br)C(Br)(Br)C(Br)(Br)C(Br)(Br)C(Br)(Br)C(Br)(Br)C(Br)(Br)Br. The second-order valence-corrected chi connectivity index (χ2v) is 67.8. The maximum Gasteiger partial charge on any atom is 0.333 e. The van der Waals surface area contributed by atoms with Crippen molar-refractivity contribution >= 4 is 532 Å². The van der Waals surface area contributed by atoms with Crippen LogP contribution in [0.15, 0.2) is 0 Å². The molecule has 52 heavy (non-hydrogen) atoms. The summed E-state index contributed by atoms with van der Waals surface area (Å²) in [4.78, 5) is 12.4. The molecular formula is C17HBr33O2.